The van der Waals surface area contributed by atoms with Crippen LogP contribution in [0.25, 0.3) is 10.8 Å². The van der Waals surface area contributed by atoms with E-state index in [-0.39, 0.29) is 6.54 Å². The first-order valence-electron chi connectivity index (χ1n) is 11.9. The van der Waals surface area contributed by atoms with Gasteiger partial charge in [0.25, 0.3) is 0 Å². The molecule has 37 heavy (non-hydrogen) atoms. The van der Waals surface area contributed by atoms with Crippen LogP contribution in [-0.4, -0.2) is 49.1 Å². The van der Waals surface area contributed by atoms with Crippen molar-refractivity contribution in [1.82, 2.24) is 4.90 Å². The SMILES string of the molecule is CN1c2cc(CBr)ccc2C(C)(C)C12C=Nc1c(c(CN(CC(=O)F)CC(=O)F)cc3ccccc13)O2. The highest BCUT2D eigenvalue weighted by Crippen LogP contribution is 2.55. The van der Waals surface area contributed by atoms with E-state index in [9.17, 15) is 18.4 Å². The first-order valence-corrected chi connectivity index (χ1v) is 13.0. The van der Waals surface area contributed by atoms with Crippen LogP contribution in [0.5, 0.6) is 5.75 Å². The van der Waals surface area contributed by atoms with Crippen molar-refractivity contribution in [2.45, 2.75) is 36.9 Å². The van der Waals surface area contributed by atoms with E-state index in [1.165, 1.54) is 0 Å². The fraction of sp³-hybridized carbons (Fsp3) is 0.321. The monoisotopic (exact) mass is 569 g/mol. The number of likely N-dealkylation sites (N-methyl/N-ethyl adjacent to an activating group) is 1. The molecule has 2 aliphatic heterocycles. The Hall–Kier alpha value is -3.17. The standard InChI is InChI=1S/C28H26BrF2N3O3/c1-27(2)21-9-8-17(12-29)10-22(21)33(3)28(27)16-32-25-20-7-5-4-6-18(20)11-19(26(25)37-28)13-34(14-23(30)35)15-24(31)36/h4-11,16H,12-15H2,1-3H3. The summed E-state index contributed by atoms with van der Waals surface area (Å²) in [5, 5.41) is 2.43. The fourth-order valence-electron chi connectivity index (χ4n) is 5.52. The average molecular weight is 570 g/mol. The van der Waals surface area contributed by atoms with Crippen molar-refractivity contribution in [3.63, 3.8) is 0 Å². The van der Waals surface area contributed by atoms with Crippen LogP contribution in [0.1, 0.15) is 30.5 Å². The number of hydrogen-bond acceptors (Lipinski definition) is 6. The molecule has 0 aliphatic carbocycles. The number of fused-ring (bicyclic) bond motifs is 4. The Balaban J connectivity index is 1.66. The van der Waals surface area contributed by atoms with E-state index in [0.717, 1.165) is 32.5 Å². The lowest BCUT2D eigenvalue weighted by Crippen LogP contribution is -2.61. The summed E-state index contributed by atoms with van der Waals surface area (Å²) in [5.74, 6) is 0.456. The smallest absolute Gasteiger partial charge is 0.315 e. The number of ether oxygens (including phenoxy) is 1. The third-order valence-electron chi connectivity index (χ3n) is 7.41. The van der Waals surface area contributed by atoms with Crippen LogP contribution in [0.3, 0.4) is 0 Å². The Labute approximate surface area is 222 Å². The molecule has 1 unspecified atom stereocenters. The summed E-state index contributed by atoms with van der Waals surface area (Å²) < 4.78 is 33.5. The van der Waals surface area contributed by atoms with Crippen molar-refractivity contribution in [2.75, 3.05) is 25.0 Å². The van der Waals surface area contributed by atoms with Gasteiger partial charge >= 0.3 is 12.1 Å². The zero-order valence-electron chi connectivity index (χ0n) is 20.7. The molecule has 3 aromatic carbocycles. The predicted octanol–water partition coefficient (Wildman–Crippen LogP) is 5.75. The number of benzene rings is 3. The van der Waals surface area contributed by atoms with Crippen molar-refractivity contribution < 1.29 is 23.1 Å². The zero-order chi connectivity index (χ0) is 26.5. The molecule has 2 heterocycles. The van der Waals surface area contributed by atoms with Gasteiger partial charge in [0.1, 0.15) is 5.69 Å². The number of rotatable bonds is 7. The van der Waals surface area contributed by atoms with Gasteiger partial charge in [0, 0.05) is 35.6 Å². The van der Waals surface area contributed by atoms with Gasteiger partial charge in [-0.2, -0.15) is 8.78 Å². The summed E-state index contributed by atoms with van der Waals surface area (Å²) in [5.41, 5.74) is 2.92. The fourth-order valence-corrected chi connectivity index (χ4v) is 5.87. The molecule has 0 fully saturated rings. The second-order valence-corrected chi connectivity index (χ2v) is 10.6. The lowest BCUT2D eigenvalue weighted by molar-refractivity contribution is -0.133. The van der Waals surface area contributed by atoms with Gasteiger partial charge in [0.15, 0.2) is 5.75 Å². The van der Waals surface area contributed by atoms with Gasteiger partial charge in [0.05, 0.1) is 24.7 Å². The Morgan fingerprint density at radius 2 is 1.78 bits per heavy atom. The molecule has 1 spiro atoms. The average Bonchev–Trinajstić information content (AvgIpc) is 3.01. The van der Waals surface area contributed by atoms with Crippen molar-refractivity contribution in [3.05, 3.63) is 65.2 Å². The van der Waals surface area contributed by atoms with E-state index in [0.29, 0.717) is 22.3 Å². The minimum Gasteiger partial charge on any atom is -0.459 e. The quantitative estimate of drug-likeness (QED) is 0.268. The molecule has 0 radical (unpaired) electrons. The van der Waals surface area contributed by atoms with E-state index < -0.39 is 36.3 Å². The largest absolute Gasteiger partial charge is 0.459 e. The molecule has 0 N–H and O–H groups in total. The molecule has 5 rings (SSSR count). The van der Waals surface area contributed by atoms with Crippen LogP contribution < -0.4 is 9.64 Å². The van der Waals surface area contributed by atoms with Gasteiger partial charge in [-0.05, 0) is 42.5 Å². The highest BCUT2D eigenvalue weighted by Gasteiger charge is 2.59. The van der Waals surface area contributed by atoms with E-state index >= 15 is 0 Å². The lowest BCUT2D eigenvalue weighted by atomic mass is 9.77. The molecule has 0 amide bonds. The van der Waals surface area contributed by atoms with Crippen LogP contribution >= 0.6 is 15.9 Å². The Kier molecular flexibility index (Phi) is 6.40. The van der Waals surface area contributed by atoms with Gasteiger partial charge in [-0.25, -0.2) is 0 Å². The summed E-state index contributed by atoms with van der Waals surface area (Å²) in [4.78, 5) is 30.6. The Morgan fingerprint density at radius 1 is 1.08 bits per heavy atom. The second kappa shape index (κ2) is 9.29. The molecule has 0 saturated heterocycles. The predicted molar refractivity (Wildman–Crippen MR) is 143 cm³/mol. The maximum Gasteiger partial charge on any atom is 0.315 e. The Morgan fingerprint density at radius 3 is 2.46 bits per heavy atom. The van der Waals surface area contributed by atoms with Crippen molar-refractivity contribution >= 4 is 56.4 Å². The molecule has 0 bridgehead atoms. The zero-order valence-corrected chi connectivity index (χ0v) is 22.3. The van der Waals surface area contributed by atoms with E-state index in [2.05, 4.69) is 52.9 Å². The lowest BCUT2D eigenvalue weighted by Gasteiger charge is -2.45. The number of carbonyl (C=O) groups excluding carboxylic acids is 2. The van der Waals surface area contributed by atoms with Crippen LogP contribution in [0.4, 0.5) is 20.2 Å². The molecule has 3 aromatic rings. The van der Waals surface area contributed by atoms with E-state index in [1.54, 1.807) is 0 Å². The number of hydrogen-bond donors (Lipinski definition) is 0. The molecule has 9 heteroatoms. The van der Waals surface area contributed by atoms with Crippen molar-refractivity contribution in [2.24, 2.45) is 4.99 Å². The summed E-state index contributed by atoms with van der Waals surface area (Å²) >= 11 is 3.53. The molecule has 1 atom stereocenters. The highest BCUT2D eigenvalue weighted by molar-refractivity contribution is 9.08. The van der Waals surface area contributed by atoms with Crippen molar-refractivity contribution in [1.29, 1.82) is 0 Å². The molecule has 192 valence electrons. The van der Waals surface area contributed by atoms with Crippen molar-refractivity contribution in [3.8, 4) is 5.75 Å². The second-order valence-electron chi connectivity index (χ2n) is 10.0. The summed E-state index contributed by atoms with van der Waals surface area (Å²) in [7, 11) is 1.96. The van der Waals surface area contributed by atoms with Gasteiger partial charge in [0.2, 0.25) is 5.72 Å². The van der Waals surface area contributed by atoms with Gasteiger partial charge < -0.3 is 9.64 Å². The van der Waals surface area contributed by atoms with Crippen LogP contribution in [0.15, 0.2) is 53.5 Å². The van der Waals surface area contributed by atoms with E-state index in [4.69, 9.17) is 9.73 Å². The van der Waals surface area contributed by atoms with Crippen LogP contribution in [0.2, 0.25) is 0 Å². The summed E-state index contributed by atoms with van der Waals surface area (Å²) in [6, 6.07) is 12.5. The number of alkyl halides is 1. The molecule has 0 aromatic heterocycles. The number of carbonyl (C=O) groups is 2. The first-order chi connectivity index (χ1) is 17.6. The van der Waals surface area contributed by atoms with E-state index in [1.807, 2.05) is 43.6 Å². The third kappa shape index (κ3) is 4.14. The number of aliphatic imine (C=N–C) groups is 1. The normalized spacial score (nSPS) is 19.3. The van der Waals surface area contributed by atoms with Crippen LogP contribution in [0, 0.1) is 0 Å². The number of halogens is 3. The molecule has 2 aliphatic rings. The minimum atomic E-state index is -1.65. The topological polar surface area (TPSA) is 62.2 Å². The van der Waals surface area contributed by atoms with Gasteiger partial charge in [-0.1, -0.05) is 52.3 Å². The summed E-state index contributed by atoms with van der Waals surface area (Å²) in [6.07, 6.45) is 1.83. The summed E-state index contributed by atoms with van der Waals surface area (Å²) in [6.45, 7) is 2.69. The van der Waals surface area contributed by atoms with Crippen LogP contribution in [-0.2, 0) is 26.9 Å². The Bertz CT molecular complexity index is 1440. The molecule has 6 nitrogen and oxygen atoms in total. The number of anilines is 1. The molecule has 0 saturated carbocycles. The number of nitrogens with zero attached hydrogens (tertiary/aromatic N) is 3. The minimum absolute atomic E-state index is 0.0745. The first kappa shape index (κ1) is 25.5. The maximum absolute atomic E-state index is 13.3. The highest BCUT2D eigenvalue weighted by atomic mass is 79.9. The molecular weight excluding hydrogens is 544 g/mol. The molecular formula is C28H26BrF2N3O3. The third-order valence-corrected chi connectivity index (χ3v) is 8.06. The van der Waals surface area contributed by atoms with Gasteiger partial charge in [-0.15, -0.1) is 0 Å². The maximum atomic E-state index is 13.3. The van der Waals surface area contributed by atoms with Gasteiger partial charge in [-0.3, -0.25) is 19.5 Å².